The van der Waals surface area contributed by atoms with Crippen LogP contribution in [-0.4, -0.2) is 105 Å². The molecule has 0 bridgehead atoms. The van der Waals surface area contributed by atoms with Gasteiger partial charge in [-0.3, -0.25) is 14.5 Å². The Labute approximate surface area is 292 Å². The standard InChI is InChI=1S/C37H50FN7O5/c1-25-24-43(18-19-44(25)36(48)50-37(2,3)4)34(47)27-10-14-29(15-11-27)45-31-22-32(49-21-20-42-16-6-5-7-17-42)39-23-30(31)40-35(45)41-33(46)26-8-12-28(38)13-9-26/h8-9,12-13,22-23,25,27,29H,5-7,10-11,14-21,24H2,1-4H3,(H,40,41,46)/t25-,27-,29+/m0/s1. The summed E-state index contributed by atoms with van der Waals surface area (Å²) in [6, 6.07) is 7.06. The number of amides is 3. The van der Waals surface area contributed by atoms with E-state index < -0.39 is 17.3 Å². The lowest BCUT2D eigenvalue weighted by Crippen LogP contribution is -2.57. The predicted molar refractivity (Wildman–Crippen MR) is 186 cm³/mol. The van der Waals surface area contributed by atoms with Gasteiger partial charge in [0, 0.05) is 55.8 Å². The van der Waals surface area contributed by atoms with Gasteiger partial charge >= 0.3 is 6.09 Å². The van der Waals surface area contributed by atoms with Crippen LogP contribution in [0.1, 0.15) is 89.0 Å². The van der Waals surface area contributed by atoms with E-state index in [4.69, 9.17) is 9.47 Å². The van der Waals surface area contributed by atoms with Crippen molar-refractivity contribution in [2.75, 3.05) is 45.9 Å². The zero-order chi connectivity index (χ0) is 35.4. The molecule has 3 aliphatic rings. The zero-order valence-corrected chi connectivity index (χ0v) is 29.7. The molecular weight excluding hydrogens is 641 g/mol. The van der Waals surface area contributed by atoms with Crippen molar-refractivity contribution in [1.82, 2.24) is 29.2 Å². The monoisotopic (exact) mass is 691 g/mol. The molecule has 2 saturated heterocycles. The van der Waals surface area contributed by atoms with Crippen molar-refractivity contribution >= 4 is 28.9 Å². The van der Waals surface area contributed by atoms with Crippen LogP contribution in [0.4, 0.5) is 9.18 Å². The average Bonchev–Trinajstić information content (AvgIpc) is 3.44. The lowest BCUT2D eigenvalue weighted by atomic mass is 9.84. The van der Waals surface area contributed by atoms with Crippen molar-refractivity contribution < 1.29 is 28.2 Å². The quantitative estimate of drug-likeness (QED) is 0.356. The number of halogens is 1. The maximum atomic E-state index is 13.7. The summed E-state index contributed by atoms with van der Waals surface area (Å²) >= 11 is 0. The van der Waals surface area contributed by atoms with E-state index in [-0.39, 0.29) is 35.6 Å². The molecule has 1 saturated carbocycles. The maximum Gasteiger partial charge on any atom is 0.410 e. The number of carbonyl (C=O) groups is 3. The highest BCUT2D eigenvalue weighted by molar-refractivity contribution is 5.95. The van der Waals surface area contributed by atoms with Crippen molar-refractivity contribution in [3.05, 3.63) is 53.5 Å². The van der Waals surface area contributed by atoms with Crippen LogP contribution in [-0.2, 0) is 9.53 Å². The molecule has 1 aliphatic carbocycles. The highest BCUT2D eigenvalue weighted by atomic mass is 19.1. The van der Waals surface area contributed by atoms with Crippen molar-refractivity contribution in [1.29, 1.82) is 0 Å². The highest BCUT2D eigenvalue weighted by Gasteiger charge is 2.36. The Kier molecular flexibility index (Phi) is 10.9. The summed E-state index contributed by atoms with van der Waals surface area (Å²) in [5, 5.41) is 0. The van der Waals surface area contributed by atoms with E-state index in [1.165, 1.54) is 43.5 Å². The molecule has 6 rings (SSSR count). The number of aromatic nitrogens is 3. The topological polar surface area (TPSA) is 125 Å². The number of likely N-dealkylation sites (tertiary alicyclic amines) is 1. The molecule has 1 N–H and O–H groups in total. The smallest absolute Gasteiger partial charge is 0.410 e. The molecule has 13 heteroatoms. The Balaban J connectivity index is 1.17. The van der Waals surface area contributed by atoms with Crippen molar-refractivity contribution in [2.24, 2.45) is 10.9 Å². The van der Waals surface area contributed by atoms with Crippen LogP contribution < -0.4 is 10.4 Å². The minimum Gasteiger partial charge on any atom is -0.476 e. The van der Waals surface area contributed by atoms with E-state index in [0.717, 1.165) is 25.2 Å². The van der Waals surface area contributed by atoms with Crippen LogP contribution in [0.15, 0.2) is 41.5 Å². The second-order valence-corrected chi connectivity index (χ2v) is 14.8. The predicted octanol–water partition coefficient (Wildman–Crippen LogP) is 5.31. The number of hydrogen-bond donors (Lipinski definition) is 1. The third kappa shape index (κ3) is 8.54. The van der Waals surface area contributed by atoms with Crippen LogP contribution in [0.25, 0.3) is 11.0 Å². The first-order chi connectivity index (χ1) is 23.9. The summed E-state index contributed by atoms with van der Waals surface area (Å²) in [5.41, 5.74) is 1.62. The zero-order valence-electron chi connectivity index (χ0n) is 29.7. The van der Waals surface area contributed by atoms with Crippen LogP contribution in [0.3, 0.4) is 0 Å². The van der Waals surface area contributed by atoms with Crippen LogP contribution in [0.5, 0.6) is 5.88 Å². The van der Waals surface area contributed by atoms with Crippen LogP contribution >= 0.6 is 0 Å². The van der Waals surface area contributed by atoms with E-state index in [1.807, 2.05) is 43.2 Å². The lowest BCUT2D eigenvalue weighted by Gasteiger charge is -2.42. The van der Waals surface area contributed by atoms with Crippen molar-refractivity contribution in [2.45, 2.75) is 90.3 Å². The Morgan fingerprint density at radius 3 is 2.40 bits per heavy atom. The lowest BCUT2D eigenvalue weighted by molar-refractivity contribution is -0.139. The number of ether oxygens (including phenoxy) is 2. The number of carbonyl (C=O) groups excluding carboxylic acids is 3. The molecule has 1 aromatic carbocycles. The molecule has 3 fully saturated rings. The summed E-state index contributed by atoms with van der Waals surface area (Å²) in [4.78, 5) is 57.9. The number of rotatable bonds is 7. The number of hydrogen-bond acceptors (Lipinski definition) is 7. The first kappa shape index (κ1) is 35.6. The third-order valence-corrected chi connectivity index (χ3v) is 9.97. The first-order valence-electron chi connectivity index (χ1n) is 18.0. The number of piperidine rings is 1. The van der Waals surface area contributed by atoms with E-state index in [0.29, 0.717) is 68.9 Å². The number of nitrogens with one attached hydrogen (secondary N) is 1. The van der Waals surface area contributed by atoms with Gasteiger partial charge in [-0.25, -0.2) is 14.2 Å². The number of piperazine rings is 1. The normalized spacial score (nSPS) is 22.5. The van der Waals surface area contributed by atoms with Crippen molar-refractivity contribution in [3.63, 3.8) is 0 Å². The number of fused-ring (bicyclic) bond motifs is 1. The van der Waals surface area contributed by atoms with E-state index >= 15 is 0 Å². The van der Waals surface area contributed by atoms with Gasteiger partial charge in [0.25, 0.3) is 5.91 Å². The molecule has 12 nitrogen and oxygen atoms in total. The number of aromatic amines is 1. The Morgan fingerprint density at radius 1 is 1.00 bits per heavy atom. The van der Waals surface area contributed by atoms with Crippen molar-refractivity contribution in [3.8, 4) is 5.88 Å². The summed E-state index contributed by atoms with van der Waals surface area (Å²) in [6.45, 7) is 12.4. The fourth-order valence-corrected chi connectivity index (χ4v) is 7.35. The first-order valence-corrected chi connectivity index (χ1v) is 18.0. The van der Waals surface area contributed by atoms with Gasteiger partial charge in [-0.05, 0) is 104 Å². The van der Waals surface area contributed by atoms with E-state index in [9.17, 15) is 18.8 Å². The number of imidazole rings is 1. The average molecular weight is 692 g/mol. The molecule has 1 atom stereocenters. The molecule has 50 heavy (non-hydrogen) atoms. The molecular formula is C37H50FN7O5. The van der Waals surface area contributed by atoms with Gasteiger partial charge < -0.3 is 28.8 Å². The Bertz CT molecular complexity index is 1730. The van der Waals surface area contributed by atoms with Gasteiger partial charge in [-0.15, -0.1) is 0 Å². The molecule has 3 aromatic rings. The van der Waals surface area contributed by atoms with E-state index in [1.54, 1.807) is 11.1 Å². The minimum atomic E-state index is -0.579. The highest BCUT2D eigenvalue weighted by Crippen LogP contribution is 2.35. The summed E-state index contributed by atoms with van der Waals surface area (Å²) in [5.74, 6) is -0.421. The van der Waals surface area contributed by atoms with Gasteiger partial charge in [0.2, 0.25) is 17.4 Å². The molecule has 4 heterocycles. The van der Waals surface area contributed by atoms with Gasteiger partial charge in [0.1, 0.15) is 18.0 Å². The Hall–Kier alpha value is -4.26. The Morgan fingerprint density at radius 2 is 1.72 bits per heavy atom. The molecule has 3 amide bonds. The third-order valence-electron chi connectivity index (χ3n) is 9.97. The fourth-order valence-electron chi connectivity index (χ4n) is 7.35. The van der Waals surface area contributed by atoms with Gasteiger partial charge in [0.15, 0.2) is 0 Å². The molecule has 0 unspecified atom stereocenters. The molecule has 0 radical (unpaired) electrons. The second kappa shape index (κ2) is 15.3. The molecule has 270 valence electrons. The number of nitrogens with zero attached hydrogens (tertiary/aromatic N) is 6. The SMILES string of the molecule is C[C@H]1CN(C(=O)[C@H]2CC[C@@H](n3/c(=N/C(=O)c4ccc(F)cc4)[nH]c4cnc(OCCN5CCCCC5)cc43)CC2)CCN1C(=O)OC(C)(C)C. The van der Waals surface area contributed by atoms with Gasteiger partial charge in [-0.1, -0.05) is 6.42 Å². The largest absolute Gasteiger partial charge is 0.476 e. The summed E-state index contributed by atoms with van der Waals surface area (Å²) in [7, 11) is 0. The second-order valence-electron chi connectivity index (χ2n) is 14.8. The fraction of sp³-hybridized carbons (Fsp3) is 0.595. The summed E-state index contributed by atoms with van der Waals surface area (Å²) in [6.07, 6.45) is 7.85. The van der Waals surface area contributed by atoms with E-state index in [2.05, 4.69) is 19.9 Å². The number of pyridine rings is 1. The minimum absolute atomic E-state index is 0.0286. The van der Waals surface area contributed by atoms with Crippen LogP contribution in [0, 0.1) is 11.7 Å². The van der Waals surface area contributed by atoms with Crippen LogP contribution in [0.2, 0.25) is 0 Å². The number of benzene rings is 1. The molecule has 0 spiro atoms. The van der Waals surface area contributed by atoms with Gasteiger partial charge in [0.05, 0.1) is 17.2 Å². The summed E-state index contributed by atoms with van der Waals surface area (Å²) < 4.78 is 27.3. The molecule has 2 aliphatic heterocycles. The maximum absolute atomic E-state index is 13.7. The van der Waals surface area contributed by atoms with Gasteiger partial charge in [-0.2, -0.15) is 4.99 Å². The molecule has 2 aromatic heterocycles. The number of H-pyrrole nitrogens is 1.